The molecule has 14 heavy (non-hydrogen) atoms. The van der Waals surface area contributed by atoms with Gasteiger partial charge in [-0.25, -0.2) is 0 Å². The fraction of sp³-hybridized carbons (Fsp3) is 0.417. The molecule has 1 nitrogen and oxygen atoms in total. The molecule has 0 unspecified atom stereocenters. The number of unbranched alkanes of at least 4 members (excludes halogenated alkanes) is 1. The van der Waals surface area contributed by atoms with Crippen LogP contribution in [0, 0.1) is 6.92 Å². The second-order valence-corrected chi connectivity index (χ2v) is 3.81. The third kappa shape index (κ3) is 2.58. The summed E-state index contributed by atoms with van der Waals surface area (Å²) in [5.74, 6) is 0. The Morgan fingerprint density at radius 2 is 2.14 bits per heavy atom. The van der Waals surface area contributed by atoms with Gasteiger partial charge in [0.15, 0.2) is 0 Å². The summed E-state index contributed by atoms with van der Waals surface area (Å²) in [6.45, 7) is 4.12. The Morgan fingerprint density at radius 3 is 2.71 bits per heavy atom. The van der Waals surface area contributed by atoms with Gasteiger partial charge in [-0.2, -0.15) is 0 Å². The Bertz CT molecular complexity index is 331. The quantitative estimate of drug-likeness (QED) is 0.693. The molecule has 0 aliphatic rings. The molecule has 0 fully saturated rings. The molecule has 0 aromatic heterocycles. The molecule has 0 radical (unpaired) electrons. The summed E-state index contributed by atoms with van der Waals surface area (Å²) in [4.78, 5) is 11.1. The van der Waals surface area contributed by atoms with Gasteiger partial charge in [0.05, 0.1) is 0 Å². The first kappa shape index (κ1) is 11.3. The number of aryl methyl sites for hydroxylation is 1. The number of rotatable bonds is 4. The minimum atomic E-state index is -0.360. The van der Waals surface area contributed by atoms with Crippen molar-refractivity contribution in [3.8, 4) is 0 Å². The van der Waals surface area contributed by atoms with Gasteiger partial charge in [-0.1, -0.05) is 25.5 Å². The van der Waals surface area contributed by atoms with Crippen molar-refractivity contribution in [1.82, 2.24) is 0 Å². The van der Waals surface area contributed by atoms with Gasteiger partial charge in [0.1, 0.15) is 0 Å². The van der Waals surface area contributed by atoms with Crippen molar-refractivity contribution >= 4 is 16.8 Å². The maximum absolute atomic E-state index is 11.1. The van der Waals surface area contributed by atoms with Crippen LogP contribution in [0.1, 0.15) is 41.3 Å². The molecule has 1 rings (SSSR count). The maximum Gasteiger partial charge on any atom is 0.252 e. The number of benzene rings is 1. The lowest BCUT2D eigenvalue weighted by atomic mass is 9.99. The molecule has 0 atom stereocenters. The van der Waals surface area contributed by atoms with Crippen molar-refractivity contribution < 1.29 is 4.79 Å². The molecule has 0 bridgehead atoms. The third-order valence-corrected chi connectivity index (χ3v) is 2.66. The van der Waals surface area contributed by atoms with Gasteiger partial charge >= 0.3 is 0 Å². The summed E-state index contributed by atoms with van der Waals surface area (Å²) in [7, 11) is 0. The number of carbonyl (C=O) groups excluding carboxylic acids is 1. The van der Waals surface area contributed by atoms with E-state index in [1.165, 1.54) is 12.0 Å². The standard InChI is InChI=1S/C12H15ClO/c1-3-4-6-10-7-5-8-11(9(10)2)12(13)14/h5,7-8H,3-4,6H2,1-2H3. The average Bonchev–Trinajstić information content (AvgIpc) is 2.16. The smallest absolute Gasteiger partial charge is 0.252 e. The Morgan fingerprint density at radius 1 is 1.43 bits per heavy atom. The van der Waals surface area contributed by atoms with E-state index in [-0.39, 0.29) is 5.24 Å². The highest BCUT2D eigenvalue weighted by molar-refractivity contribution is 6.67. The van der Waals surface area contributed by atoms with Gasteiger partial charge < -0.3 is 0 Å². The molecular weight excluding hydrogens is 196 g/mol. The summed E-state index contributed by atoms with van der Waals surface area (Å²) in [5.41, 5.74) is 2.90. The van der Waals surface area contributed by atoms with Crippen LogP contribution in [0.4, 0.5) is 0 Å². The molecule has 0 N–H and O–H groups in total. The Kier molecular flexibility index (Phi) is 4.15. The average molecular weight is 211 g/mol. The van der Waals surface area contributed by atoms with E-state index in [4.69, 9.17) is 11.6 Å². The zero-order valence-electron chi connectivity index (χ0n) is 8.64. The topological polar surface area (TPSA) is 17.1 Å². The molecular formula is C12H15ClO. The zero-order valence-corrected chi connectivity index (χ0v) is 9.40. The van der Waals surface area contributed by atoms with Gasteiger partial charge in [-0.05, 0) is 48.6 Å². The number of halogens is 1. The number of carbonyl (C=O) groups is 1. The fourth-order valence-electron chi connectivity index (χ4n) is 1.53. The largest absolute Gasteiger partial charge is 0.276 e. The first-order chi connectivity index (χ1) is 6.66. The minimum Gasteiger partial charge on any atom is -0.276 e. The molecule has 0 spiro atoms. The van der Waals surface area contributed by atoms with Crippen molar-refractivity contribution in [3.05, 3.63) is 34.9 Å². The van der Waals surface area contributed by atoms with Crippen LogP contribution >= 0.6 is 11.6 Å². The van der Waals surface area contributed by atoms with E-state index < -0.39 is 0 Å². The van der Waals surface area contributed by atoms with Crippen LogP contribution in [0.5, 0.6) is 0 Å². The molecule has 0 aliphatic heterocycles. The molecule has 0 heterocycles. The highest BCUT2D eigenvalue weighted by Gasteiger charge is 2.08. The van der Waals surface area contributed by atoms with Crippen molar-refractivity contribution in [1.29, 1.82) is 0 Å². The van der Waals surface area contributed by atoms with Crippen LogP contribution in [0.25, 0.3) is 0 Å². The first-order valence-corrected chi connectivity index (χ1v) is 5.33. The van der Waals surface area contributed by atoms with E-state index in [0.717, 1.165) is 18.4 Å². The molecule has 0 aliphatic carbocycles. The van der Waals surface area contributed by atoms with E-state index in [1.54, 1.807) is 6.07 Å². The van der Waals surface area contributed by atoms with Crippen LogP contribution in [0.15, 0.2) is 18.2 Å². The summed E-state index contributed by atoms with van der Waals surface area (Å²) in [6, 6.07) is 5.74. The fourth-order valence-corrected chi connectivity index (χ4v) is 1.74. The van der Waals surface area contributed by atoms with Crippen molar-refractivity contribution in [2.24, 2.45) is 0 Å². The van der Waals surface area contributed by atoms with Crippen molar-refractivity contribution in [3.63, 3.8) is 0 Å². The molecule has 1 aromatic rings. The highest BCUT2D eigenvalue weighted by atomic mass is 35.5. The second kappa shape index (κ2) is 5.16. The van der Waals surface area contributed by atoms with E-state index >= 15 is 0 Å². The van der Waals surface area contributed by atoms with Crippen LogP contribution in [0.2, 0.25) is 0 Å². The molecule has 1 aromatic carbocycles. The summed E-state index contributed by atoms with van der Waals surface area (Å²) in [5, 5.41) is -0.360. The lowest BCUT2D eigenvalue weighted by Gasteiger charge is -2.07. The van der Waals surface area contributed by atoms with Crippen LogP contribution in [-0.4, -0.2) is 5.24 Å². The van der Waals surface area contributed by atoms with Crippen molar-refractivity contribution in [2.75, 3.05) is 0 Å². The normalized spacial score (nSPS) is 10.2. The van der Waals surface area contributed by atoms with Crippen LogP contribution in [0.3, 0.4) is 0 Å². The minimum absolute atomic E-state index is 0.360. The Hall–Kier alpha value is -0.820. The van der Waals surface area contributed by atoms with Crippen LogP contribution in [-0.2, 0) is 6.42 Å². The summed E-state index contributed by atoms with van der Waals surface area (Å²) in [6.07, 6.45) is 3.35. The lowest BCUT2D eigenvalue weighted by molar-refractivity contribution is 0.108. The number of hydrogen-bond acceptors (Lipinski definition) is 1. The molecule has 76 valence electrons. The molecule has 0 saturated heterocycles. The third-order valence-electron chi connectivity index (χ3n) is 2.46. The van der Waals surface area contributed by atoms with Gasteiger partial charge in [0, 0.05) is 5.56 Å². The summed E-state index contributed by atoms with van der Waals surface area (Å²) >= 11 is 5.48. The predicted molar refractivity (Wildman–Crippen MR) is 60.0 cm³/mol. The SMILES string of the molecule is CCCCc1cccc(C(=O)Cl)c1C. The van der Waals surface area contributed by atoms with Gasteiger partial charge in [-0.15, -0.1) is 0 Å². The zero-order chi connectivity index (χ0) is 10.6. The predicted octanol–water partition coefficient (Wildman–Crippen LogP) is 3.72. The Labute approximate surface area is 90.1 Å². The molecule has 0 amide bonds. The second-order valence-electron chi connectivity index (χ2n) is 3.47. The maximum atomic E-state index is 11.1. The van der Waals surface area contributed by atoms with Gasteiger partial charge in [0.2, 0.25) is 0 Å². The monoisotopic (exact) mass is 210 g/mol. The van der Waals surface area contributed by atoms with E-state index in [0.29, 0.717) is 5.56 Å². The molecule has 2 heteroatoms. The number of hydrogen-bond donors (Lipinski definition) is 0. The first-order valence-electron chi connectivity index (χ1n) is 4.95. The van der Waals surface area contributed by atoms with Crippen LogP contribution < -0.4 is 0 Å². The van der Waals surface area contributed by atoms with E-state index in [1.807, 2.05) is 13.0 Å². The Balaban J connectivity index is 2.95. The highest BCUT2D eigenvalue weighted by Crippen LogP contribution is 2.17. The van der Waals surface area contributed by atoms with E-state index in [9.17, 15) is 4.79 Å². The molecule has 0 saturated carbocycles. The summed E-state index contributed by atoms with van der Waals surface area (Å²) < 4.78 is 0. The van der Waals surface area contributed by atoms with Crippen molar-refractivity contribution in [2.45, 2.75) is 33.1 Å². The lowest BCUT2D eigenvalue weighted by Crippen LogP contribution is -1.98. The van der Waals surface area contributed by atoms with E-state index in [2.05, 4.69) is 13.0 Å². The van der Waals surface area contributed by atoms with Gasteiger partial charge in [0.25, 0.3) is 5.24 Å². The van der Waals surface area contributed by atoms with Gasteiger partial charge in [-0.3, -0.25) is 4.79 Å².